The summed E-state index contributed by atoms with van der Waals surface area (Å²) in [5, 5.41) is -0.266. The zero-order valence-electron chi connectivity index (χ0n) is 19.1. The van der Waals surface area contributed by atoms with Gasteiger partial charge < -0.3 is 9.47 Å². The highest BCUT2D eigenvalue weighted by Gasteiger charge is 2.35. The lowest BCUT2D eigenvalue weighted by Crippen LogP contribution is -2.27. The van der Waals surface area contributed by atoms with Crippen LogP contribution < -0.4 is 9.47 Å². The summed E-state index contributed by atoms with van der Waals surface area (Å²) in [6.07, 6.45) is 1.73. The third-order valence-corrected chi connectivity index (χ3v) is 7.19. The van der Waals surface area contributed by atoms with E-state index in [-0.39, 0.29) is 17.7 Å². The molecule has 1 aliphatic heterocycles. The van der Waals surface area contributed by atoms with Gasteiger partial charge in [-0.05, 0) is 88.7 Å². The number of thioether (sulfide) groups is 1. The second kappa shape index (κ2) is 10.7. The van der Waals surface area contributed by atoms with E-state index >= 15 is 0 Å². The second-order valence-electron chi connectivity index (χ2n) is 8.01. The van der Waals surface area contributed by atoms with E-state index < -0.39 is 0 Å². The molecule has 174 valence electrons. The summed E-state index contributed by atoms with van der Waals surface area (Å²) in [7, 11) is 1.59. The third kappa shape index (κ3) is 5.47. The van der Waals surface area contributed by atoms with Gasteiger partial charge in [-0.2, -0.15) is 0 Å². The molecule has 1 saturated heterocycles. The van der Waals surface area contributed by atoms with Crippen molar-refractivity contribution >= 4 is 51.6 Å². The maximum atomic E-state index is 13.0. The minimum atomic E-state index is -0.287. The molecule has 0 atom stereocenters. The van der Waals surface area contributed by atoms with Gasteiger partial charge in [-0.3, -0.25) is 14.5 Å². The number of ether oxygens (including phenoxy) is 2. The lowest BCUT2D eigenvalue weighted by Gasteiger charge is -2.15. The van der Waals surface area contributed by atoms with Gasteiger partial charge in [0.1, 0.15) is 6.61 Å². The van der Waals surface area contributed by atoms with Gasteiger partial charge in [-0.25, -0.2) is 0 Å². The van der Waals surface area contributed by atoms with Crippen molar-refractivity contribution < 1.29 is 19.1 Å². The van der Waals surface area contributed by atoms with Crippen LogP contribution in [0.25, 0.3) is 6.08 Å². The van der Waals surface area contributed by atoms with Gasteiger partial charge in [0.2, 0.25) is 0 Å². The Morgan fingerprint density at radius 3 is 2.56 bits per heavy atom. The van der Waals surface area contributed by atoms with Crippen molar-refractivity contribution in [3.63, 3.8) is 0 Å². The largest absolute Gasteiger partial charge is 0.493 e. The van der Waals surface area contributed by atoms with E-state index in [9.17, 15) is 9.59 Å². The Balaban J connectivity index is 1.54. The molecule has 1 aliphatic rings. The smallest absolute Gasteiger partial charge is 0.293 e. The number of imide groups is 1. The number of hydrogen-bond donors (Lipinski definition) is 0. The molecule has 0 unspecified atom stereocenters. The van der Waals surface area contributed by atoms with Gasteiger partial charge in [0.25, 0.3) is 11.1 Å². The van der Waals surface area contributed by atoms with Crippen LogP contribution in [-0.2, 0) is 17.9 Å². The van der Waals surface area contributed by atoms with Gasteiger partial charge in [0.05, 0.1) is 22.1 Å². The zero-order chi connectivity index (χ0) is 24.2. The summed E-state index contributed by atoms with van der Waals surface area (Å²) in [6.45, 7) is 4.73. The first kappa shape index (κ1) is 24.3. The van der Waals surface area contributed by atoms with Crippen LogP contribution in [0.15, 0.2) is 65.6 Å². The molecule has 7 heteroatoms. The van der Waals surface area contributed by atoms with E-state index in [0.29, 0.717) is 23.0 Å². The number of carbonyl (C=O) groups excluding carboxylic acids is 2. The van der Waals surface area contributed by atoms with Crippen molar-refractivity contribution in [3.8, 4) is 11.5 Å². The van der Waals surface area contributed by atoms with E-state index in [1.54, 1.807) is 13.2 Å². The number of nitrogens with zero attached hydrogens (tertiary/aromatic N) is 1. The van der Waals surface area contributed by atoms with Gasteiger partial charge in [0, 0.05) is 0 Å². The molecular formula is C27H24INO4S. The summed E-state index contributed by atoms with van der Waals surface area (Å²) in [5.41, 5.74) is 5.05. The number of amides is 2. The predicted octanol–water partition coefficient (Wildman–Crippen LogP) is 6.73. The molecule has 3 aromatic rings. The standard InChI is InChI=1S/C27H24INO4S/c1-17-7-6-9-19(11-17)15-29-26(30)24(34-27(29)31)14-20-12-22(28)25(23(13-20)32-3)33-16-21-10-5-4-8-18(21)2/h4-14H,15-16H2,1-3H3/b24-14-. The van der Waals surface area contributed by atoms with Crippen LogP contribution in [0.2, 0.25) is 0 Å². The van der Waals surface area contributed by atoms with Crippen LogP contribution in [0.1, 0.15) is 27.8 Å². The average Bonchev–Trinajstić information content (AvgIpc) is 3.06. The maximum absolute atomic E-state index is 13.0. The first-order valence-corrected chi connectivity index (χ1v) is 12.6. The SMILES string of the molecule is COc1cc(/C=C2\SC(=O)N(Cc3cccc(C)c3)C2=O)cc(I)c1OCc1ccccc1C. The third-order valence-electron chi connectivity index (χ3n) is 5.48. The minimum Gasteiger partial charge on any atom is -0.493 e. The summed E-state index contributed by atoms with van der Waals surface area (Å²) in [5.74, 6) is 0.937. The fourth-order valence-corrected chi connectivity index (χ4v) is 5.29. The summed E-state index contributed by atoms with van der Waals surface area (Å²) in [4.78, 5) is 27.2. The lowest BCUT2D eigenvalue weighted by atomic mass is 10.1. The molecule has 3 aromatic carbocycles. The average molecular weight is 585 g/mol. The lowest BCUT2D eigenvalue weighted by molar-refractivity contribution is -0.123. The Labute approximate surface area is 217 Å². The van der Waals surface area contributed by atoms with Crippen molar-refractivity contribution in [2.75, 3.05) is 7.11 Å². The Morgan fingerprint density at radius 2 is 1.82 bits per heavy atom. The Hall–Kier alpha value is -2.78. The molecule has 0 aromatic heterocycles. The summed E-state index contributed by atoms with van der Waals surface area (Å²) < 4.78 is 12.5. The van der Waals surface area contributed by atoms with E-state index in [0.717, 1.165) is 43.1 Å². The van der Waals surface area contributed by atoms with Crippen LogP contribution >= 0.6 is 34.4 Å². The predicted molar refractivity (Wildman–Crippen MR) is 144 cm³/mol. The summed E-state index contributed by atoms with van der Waals surface area (Å²) in [6, 6.07) is 19.6. The van der Waals surface area contributed by atoms with Crippen molar-refractivity contribution in [3.05, 3.63) is 97.0 Å². The van der Waals surface area contributed by atoms with Crippen molar-refractivity contribution in [1.82, 2.24) is 4.90 Å². The number of rotatable bonds is 7. The van der Waals surface area contributed by atoms with Crippen LogP contribution in [0.3, 0.4) is 0 Å². The van der Waals surface area contributed by atoms with Gasteiger partial charge in [-0.15, -0.1) is 0 Å². The number of methoxy groups -OCH3 is 1. The van der Waals surface area contributed by atoms with E-state index in [1.807, 2.05) is 61.5 Å². The van der Waals surface area contributed by atoms with Crippen molar-refractivity contribution in [2.24, 2.45) is 0 Å². The molecule has 0 saturated carbocycles. The minimum absolute atomic E-state index is 0.260. The van der Waals surface area contributed by atoms with Crippen LogP contribution in [0.5, 0.6) is 11.5 Å². The fraction of sp³-hybridized carbons (Fsp3) is 0.185. The quantitative estimate of drug-likeness (QED) is 0.227. The number of benzene rings is 3. The number of aryl methyl sites for hydroxylation is 2. The molecular weight excluding hydrogens is 561 g/mol. The van der Waals surface area contributed by atoms with Crippen LogP contribution in [0.4, 0.5) is 4.79 Å². The molecule has 34 heavy (non-hydrogen) atoms. The van der Waals surface area contributed by atoms with E-state index in [2.05, 4.69) is 35.6 Å². The highest BCUT2D eigenvalue weighted by atomic mass is 127. The summed E-state index contributed by atoms with van der Waals surface area (Å²) >= 11 is 3.16. The Kier molecular flexibility index (Phi) is 7.63. The van der Waals surface area contributed by atoms with Crippen LogP contribution in [0, 0.1) is 17.4 Å². The maximum Gasteiger partial charge on any atom is 0.293 e. The molecule has 5 nitrogen and oxygen atoms in total. The monoisotopic (exact) mass is 585 g/mol. The Bertz CT molecular complexity index is 1290. The highest BCUT2D eigenvalue weighted by molar-refractivity contribution is 14.1. The Morgan fingerprint density at radius 1 is 1.03 bits per heavy atom. The molecule has 2 amide bonds. The second-order valence-corrected chi connectivity index (χ2v) is 10.2. The van der Waals surface area contributed by atoms with E-state index in [1.165, 1.54) is 4.90 Å². The molecule has 0 spiro atoms. The zero-order valence-corrected chi connectivity index (χ0v) is 22.1. The molecule has 1 heterocycles. The first-order chi connectivity index (χ1) is 16.4. The molecule has 1 fully saturated rings. The first-order valence-electron chi connectivity index (χ1n) is 10.7. The van der Waals surface area contributed by atoms with E-state index in [4.69, 9.17) is 9.47 Å². The molecule has 0 N–H and O–H groups in total. The van der Waals surface area contributed by atoms with Gasteiger partial charge in [-0.1, -0.05) is 54.1 Å². The number of hydrogen-bond acceptors (Lipinski definition) is 5. The normalized spacial score (nSPS) is 14.7. The molecule has 0 aliphatic carbocycles. The highest BCUT2D eigenvalue weighted by Crippen LogP contribution is 2.38. The van der Waals surface area contributed by atoms with Gasteiger partial charge in [0.15, 0.2) is 11.5 Å². The molecule has 0 radical (unpaired) electrons. The van der Waals surface area contributed by atoms with Crippen molar-refractivity contribution in [2.45, 2.75) is 27.0 Å². The number of halogens is 1. The van der Waals surface area contributed by atoms with Gasteiger partial charge >= 0.3 is 0 Å². The molecule has 0 bridgehead atoms. The number of carbonyl (C=O) groups is 2. The topological polar surface area (TPSA) is 55.8 Å². The van der Waals surface area contributed by atoms with Crippen molar-refractivity contribution in [1.29, 1.82) is 0 Å². The fourth-order valence-electron chi connectivity index (χ4n) is 3.67. The molecule has 4 rings (SSSR count). The van der Waals surface area contributed by atoms with Crippen LogP contribution in [-0.4, -0.2) is 23.2 Å².